The minimum atomic E-state index is -0.0256. The van der Waals surface area contributed by atoms with Gasteiger partial charge in [-0.15, -0.1) is 11.3 Å². The molecule has 2 aromatic rings. The number of anilines is 1. The van der Waals surface area contributed by atoms with Gasteiger partial charge in [0.05, 0.1) is 16.8 Å². The summed E-state index contributed by atoms with van der Waals surface area (Å²) in [4.78, 5) is 18.3. The molecule has 92 valence electrons. The lowest BCUT2D eigenvalue weighted by atomic mass is 9.99. The number of nitrogens with one attached hydrogen (secondary N) is 1. The quantitative estimate of drug-likeness (QED) is 0.898. The summed E-state index contributed by atoms with van der Waals surface area (Å²) in [6.07, 6.45) is 8.08. The Morgan fingerprint density at radius 3 is 3.00 bits per heavy atom. The average molecular weight is 258 g/mol. The van der Waals surface area contributed by atoms with Crippen LogP contribution in [0, 0.1) is 0 Å². The van der Waals surface area contributed by atoms with E-state index >= 15 is 0 Å². The zero-order chi connectivity index (χ0) is 12.4. The molecule has 1 N–H and O–H groups in total. The lowest BCUT2D eigenvalue weighted by molar-refractivity contribution is 0.103. The molecule has 3 rings (SSSR count). The van der Waals surface area contributed by atoms with Crippen molar-refractivity contribution in [2.75, 3.05) is 5.32 Å². The molecule has 1 amide bonds. The molecule has 2 heterocycles. The van der Waals surface area contributed by atoms with Crippen molar-refractivity contribution in [3.8, 4) is 0 Å². The van der Waals surface area contributed by atoms with Gasteiger partial charge < -0.3 is 5.32 Å². The summed E-state index contributed by atoms with van der Waals surface area (Å²) in [5.74, 6) is -0.0256. The number of hydrogen-bond donors (Lipinski definition) is 1. The van der Waals surface area contributed by atoms with Crippen molar-refractivity contribution < 1.29 is 4.79 Å². The lowest BCUT2D eigenvalue weighted by Gasteiger charge is -2.08. The van der Waals surface area contributed by atoms with Gasteiger partial charge in [-0.1, -0.05) is 0 Å². The third-order valence-electron chi connectivity index (χ3n) is 3.14. The Labute approximate surface area is 110 Å². The van der Waals surface area contributed by atoms with Crippen LogP contribution in [0.15, 0.2) is 30.6 Å². The molecule has 0 spiro atoms. The maximum absolute atomic E-state index is 12.1. The number of nitrogens with zero attached hydrogens (tertiary/aromatic N) is 1. The first-order valence-electron chi connectivity index (χ1n) is 6.16. The summed E-state index contributed by atoms with van der Waals surface area (Å²) < 4.78 is 0. The Bertz CT molecular complexity index is 539. The SMILES string of the molecule is O=C(Nc1cccnc1)c1cc2c(s1)CCCC2. The second-order valence-electron chi connectivity index (χ2n) is 4.46. The molecule has 3 nitrogen and oxygen atoms in total. The van der Waals surface area contributed by atoms with Crippen LogP contribution in [0.25, 0.3) is 0 Å². The van der Waals surface area contributed by atoms with E-state index in [0.717, 1.165) is 23.4 Å². The molecule has 0 unspecified atom stereocenters. The molecule has 0 fully saturated rings. The fourth-order valence-corrected chi connectivity index (χ4v) is 3.38. The van der Waals surface area contributed by atoms with Gasteiger partial charge >= 0.3 is 0 Å². The van der Waals surface area contributed by atoms with E-state index < -0.39 is 0 Å². The van der Waals surface area contributed by atoms with Gasteiger partial charge in [-0.25, -0.2) is 0 Å². The summed E-state index contributed by atoms with van der Waals surface area (Å²) in [7, 11) is 0. The number of fused-ring (bicyclic) bond motifs is 1. The molecular formula is C14H14N2OS. The third-order valence-corrected chi connectivity index (χ3v) is 4.38. The summed E-state index contributed by atoms with van der Waals surface area (Å²) in [5, 5.41) is 2.88. The molecule has 1 aliphatic rings. The number of aryl methyl sites for hydroxylation is 2. The Hall–Kier alpha value is -1.68. The molecule has 0 radical (unpaired) electrons. The number of rotatable bonds is 2. The first-order chi connectivity index (χ1) is 8.83. The molecule has 0 atom stereocenters. The van der Waals surface area contributed by atoms with E-state index in [4.69, 9.17) is 0 Å². The summed E-state index contributed by atoms with van der Waals surface area (Å²) in [6, 6.07) is 5.71. The van der Waals surface area contributed by atoms with E-state index in [1.54, 1.807) is 23.7 Å². The van der Waals surface area contributed by atoms with Crippen LogP contribution in [-0.4, -0.2) is 10.9 Å². The average Bonchev–Trinajstić information content (AvgIpc) is 2.84. The van der Waals surface area contributed by atoms with E-state index in [9.17, 15) is 4.79 Å². The van der Waals surface area contributed by atoms with Gasteiger partial charge in [-0.3, -0.25) is 9.78 Å². The Morgan fingerprint density at radius 1 is 1.33 bits per heavy atom. The highest BCUT2D eigenvalue weighted by Crippen LogP contribution is 2.29. The molecule has 0 aliphatic heterocycles. The monoisotopic (exact) mass is 258 g/mol. The normalized spacial score (nSPS) is 14.0. The number of hydrogen-bond acceptors (Lipinski definition) is 3. The van der Waals surface area contributed by atoms with Crippen molar-refractivity contribution >= 4 is 22.9 Å². The number of pyridine rings is 1. The van der Waals surface area contributed by atoms with Crippen LogP contribution >= 0.6 is 11.3 Å². The van der Waals surface area contributed by atoms with Crippen LogP contribution < -0.4 is 5.32 Å². The van der Waals surface area contributed by atoms with E-state index in [0.29, 0.717) is 0 Å². The van der Waals surface area contributed by atoms with Gasteiger partial charge in [0.15, 0.2) is 0 Å². The van der Waals surface area contributed by atoms with Gasteiger partial charge in [0, 0.05) is 11.1 Å². The van der Waals surface area contributed by atoms with Crippen molar-refractivity contribution in [2.45, 2.75) is 25.7 Å². The smallest absolute Gasteiger partial charge is 0.265 e. The molecule has 0 saturated carbocycles. The molecule has 0 bridgehead atoms. The first kappa shape index (κ1) is 11.4. The van der Waals surface area contributed by atoms with Gasteiger partial charge in [-0.05, 0) is 49.4 Å². The zero-order valence-electron chi connectivity index (χ0n) is 9.98. The van der Waals surface area contributed by atoms with E-state index in [-0.39, 0.29) is 5.91 Å². The number of amides is 1. The topological polar surface area (TPSA) is 42.0 Å². The fraction of sp³-hybridized carbons (Fsp3) is 0.286. The molecule has 2 aromatic heterocycles. The highest BCUT2D eigenvalue weighted by Gasteiger charge is 2.17. The maximum atomic E-state index is 12.1. The minimum absolute atomic E-state index is 0.0256. The largest absolute Gasteiger partial charge is 0.320 e. The molecule has 4 heteroatoms. The summed E-state index contributed by atoms with van der Waals surface area (Å²) in [5.41, 5.74) is 2.11. The van der Waals surface area contributed by atoms with Crippen LogP contribution in [0.2, 0.25) is 0 Å². The second-order valence-corrected chi connectivity index (χ2v) is 5.60. The number of aromatic nitrogens is 1. The number of thiophene rings is 1. The maximum Gasteiger partial charge on any atom is 0.265 e. The standard InChI is InChI=1S/C14H14N2OS/c17-14(16-11-5-3-7-15-9-11)13-8-10-4-1-2-6-12(10)18-13/h3,5,7-9H,1-2,4,6H2,(H,16,17). The first-order valence-corrected chi connectivity index (χ1v) is 6.97. The van der Waals surface area contributed by atoms with Gasteiger partial charge in [0.1, 0.15) is 0 Å². The summed E-state index contributed by atoms with van der Waals surface area (Å²) in [6.45, 7) is 0. The highest BCUT2D eigenvalue weighted by atomic mass is 32.1. The Balaban J connectivity index is 1.78. The zero-order valence-corrected chi connectivity index (χ0v) is 10.8. The molecule has 0 aromatic carbocycles. The number of carbonyl (C=O) groups excluding carboxylic acids is 1. The molecule has 0 saturated heterocycles. The van der Waals surface area contributed by atoms with Crippen LogP contribution in [0.4, 0.5) is 5.69 Å². The van der Waals surface area contributed by atoms with E-state index in [1.165, 1.54) is 23.3 Å². The van der Waals surface area contributed by atoms with Gasteiger partial charge in [-0.2, -0.15) is 0 Å². The van der Waals surface area contributed by atoms with Crippen LogP contribution in [0.1, 0.15) is 33.0 Å². The fourth-order valence-electron chi connectivity index (χ4n) is 2.23. The Morgan fingerprint density at radius 2 is 2.22 bits per heavy atom. The third kappa shape index (κ3) is 2.29. The Kier molecular flexibility index (Phi) is 3.11. The second kappa shape index (κ2) is 4.90. The van der Waals surface area contributed by atoms with Crippen molar-refractivity contribution in [3.63, 3.8) is 0 Å². The van der Waals surface area contributed by atoms with Crippen LogP contribution in [0.3, 0.4) is 0 Å². The predicted octanol–water partition coefficient (Wildman–Crippen LogP) is 3.27. The molecule has 1 aliphatic carbocycles. The van der Waals surface area contributed by atoms with Crippen molar-refractivity contribution in [1.29, 1.82) is 0 Å². The van der Waals surface area contributed by atoms with Crippen LogP contribution in [-0.2, 0) is 12.8 Å². The van der Waals surface area contributed by atoms with Crippen LogP contribution in [0.5, 0.6) is 0 Å². The molecular weight excluding hydrogens is 244 g/mol. The lowest BCUT2D eigenvalue weighted by Crippen LogP contribution is -2.10. The van der Waals surface area contributed by atoms with Gasteiger partial charge in [0.2, 0.25) is 0 Å². The predicted molar refractivity (Wildman–Crippen MR) is 73.2 cm³/mol. The van der Waals surface area contributed by atoms with Gasteiger partial charge in [0.25, 0.3) is 5.91 Å². The van der Waals surface area contributed by atoms with Crippen molar-refractivity contribution in [3.05, 3.63) is 45.9 Å². The van der Waals surface area contributed by atoms with E-state index in [2.05, 4.69) is 10.3 Å². The van der Waals surface area contributed by atoms with Crippen molar-refractivity contribution in [1.82, 2.24) is 4.98 Å². The number of carbonyl (C=O) groups is 1. The van der Waals surface area contributed by atoms with E-state index in [1.807, 2.05) is 18.2 Å². The van der Waals surface area contributed by atoms with Crippen molar-refractivity contribution in [2.24, 2.45) is 0 Å². The molecule has 18 heavy (non-hydrogen) atoms. The highest BCUT2D eigenvalue weighted by molar-refractivity contribution is 7.14. The summed E-state index contributed by atoms with van der Waals surface area (Å²) >= 11 is 1.63. The minimum Gasteiger partial charge on any atom is -0.320 e.